The third-order valence-electron chi connectivity index (χ3n) is 3.02. The molecule has 2 rings (SSSR count). The molecule has 5 heteroatoms. The number of rotatable bonds is 4. The number of anilines is 2. The molecule has 0 aliphatic carbocycles. The van der Waals surface area contributed by atoms with Crippen molar-refractivity contribution >= 4 is 28.9 Å². The first-order chi connectivity index (χ1) is 10.0. The third-order valence-corrected chi connectivity index (χ3v) is 3.25. The standard InChI is InChI=1S/C16H17ClN2O2/c1-3-21-12-5-7-15(10(2)8-12)19-16(20)13-6-4-11(17)9-14(13)18/h4-9H,3,18H2,1-2H3,(H,19,20). The third kappa shape index (κ3) is 3.67. The number of benzene rings is 2. The number of amides is 1. The van der Waals surface area contributed by atoms with E-state index in [1.54, 1.807) is 18.2 Å². The molecule has 0 aliphatic rings. The second-order valence-corrected chi connectivity index (χ2v) is 5.03. The molecule has 0 bridgehead atoms. The molecule has 1 amide bonds. The zero-order valence-electron chi connectivity index (χ0n) is 11.9. The molecule has 2 aromatic carbocycles. The molecule has 3 N–H and O–H groups in total. The number of aryl methyl sites for hydroxylation is 1. The summed E-state index contributed by atoms with van der Waals surface area (Å²) < 4.78 is 5.42. The largest absolute Gasteiger partial charge is 0.494 e. The number of hydrogen-bond acceptors (Lipinski definition) is 3. The summed E-state index contributed by atoms with van der Waals surface area (Å²) in [6.45, 7) is 4.43. The van der Waals surface area contributed by atoms with Crippen molar-refractivity contribution in [3.8, 4) is 5.75 Å². The van der Waals surface area contributed by atoms with Crippen LogP contribution >= 0.6 is 11.6 Å². The topological polar surface area (TPSA) is 64.3 Å². The number of carbonyl (C=O) groups excluding carboxylic acids is 1. The van der Waals surface area contributed by atoms with Gasteiger partial charge in [-0.25, -0.2) is 0 Å². The smallest absolute Gasteiger partial charge is 0.257 e. The Kier molecular flexibility index (Phi) is 4.70. The molecule has 0 saturated heterocycles. The van der Waals surface area contributed by atoms with Crippen LogP contribution in [0, 0.1) is 6.92 Å². The fourth-order valence-corrected chi connectivity index (χ4v) is 2.14. The molecular formula is C16H17ClN2O2. The molecule has 0 fully saturated rings. The van der Waals surface area contributed by atoms with Crippen LogP contribution in [0.5, 0.6) is 5.75 Å². The van der Waals surface area contributed by atoms with Gasteiger partial charge in [0.25, 0.3) is 5.91 Å². The highest BCUT2D eigenvalue weighted by Gasteiger charge is 2.11. The summed E-state index contributed by atoms with van der Waals surface area (Å²) in [6, 6.07) is 10.3. The molecule has 0 aliphatic heterocycles. The fraction of sp³-hybridized carbons (Fsp3) is 0.188. The minimum atomic E-state index is -0.267. The van der Waals surface area contributed by atoms with Crippen LogP contribution in [0.4, 0.5) is 11.4 Å². The lowest BCUT2D eigenvalue weighted by Crippen LogP contribution is -2.14. The number of hydrogen-bond donors (Lipinski definition) is 2. The monoisotopic (exact) mass is 304 g/mol. The quantitative estimate of drug-likeness (QED) is 0.842. The molecule has 110 valence electrons. The molecule has 0 saturated carbocycles. The predicted molar refractivity (Wildman–Crippen MR) is 86.2 cm³/mol. The van der Waals surface area contributed by atoms with Crippen LogP contribution in [-0.2, 0) is 0 Å². The Bertz CT molecular complexity index is 671. The minimum absolute atomic E-state index is 0.267. The SMILES string of the molecule is CCOc1ccc(NC(=O)c2ccc(Cl)cc2N)c(C)c1. The van der Waals surface area contributed by atoms with Gasteiger partial charge in [0.05, 0.1) is 12.2 Å². The Hall–Kier alpha value is -2.20. The summed E-state index contributed by atoms with van der Waals surface area (Å²) >= 11 is 5.83. The van der Waals surface area contributed by atoms with Gasteiger partial charge in [-0.2, -0.15) is 0 Å². The van der Waals surface area contributed by atoms with Gasteiger partial charge in [0.15, 0.2) is 0 Å². The molecular weight excluding hydrogens is 288 g/mol. The maximum absolute atomic E-state index is 12.2. The van der Waals surface area contributed by atoms with Gasteiger partial charge in [-0.05, 0) is 55.8 Å². The van der Waals surface area contributed by atoms with Crippen LogP contribution in [0.2, 0.25) is 5.02 Å². The van der Waals surface area contributed by atoms with E-state index in [9.17, 15) is 4.79 Å². The first kappa shape index (κ1) is 15.2. The van der Waals surface area contributed by atoms with Crippen molar-refractivity contribution in [2.45, 2.75) is 13.8 Å². The lowest BCUT2D eigenvalue weighted by Gasteiger charge is -2.11. The van der Waals surface area contributed by atoms with E-state index in [0.717, 1.165) is 17.0 Å². The second-order valence-electron chi connectivity index (χ2n) is 4.60. The summed E-state index contributed by atoms with van der Waals surface area (Å²) in [5.41, 5.74) is 8.20. The molecule has 0 spiro atoms. The van der Waals surface area contributed by atoms with Gasteiger partial charge in [0.2, 0.25) is 0 Å². The van der Waals surface area contributed by atoms with E-state index >= 15 is 0 Å². The van der Waals surface area contributed by atoms with Gasteiger partial charge in [0, 0.05) is 16.4 Å². The van der Waals surface area contributed by atoms with Gasteiger partial charge in [0.1, 0.15) is 5.75 Å². The van der Waals surface area contributed by atoms with Crippen molar-refractivity contribution in [2.75, 3.05) is 17.7 Å². The van der Waals surface area contributed by atoms with Crippen molar-refractivity contribution < 1.29 is 9.53 Å². The van der Waals surface area contributed by atoms with Crippen LogP contribution in [0.1, 0.15) is 22.8 Å². The molecule has 0 radical (unpaired) electrons. The molecule has 4 nitrogen and oxygen atoms in total. The second kappa shape index (κ2) is 6.50. The molecule has 21 heavy (non-hydrogen) atoms. The van der Waals surface area contributed by atoms with Gasteiger partial charge in [-0.1, -0.05) is 11.6 Å². The molecule has 0 atom stereocenters. The first-order valence-corrected chi connectivity index (χ1v) is 6.99. The summed E-state index contributed by atoms with van der Waals surface area (Å²) in [5, 5.41) is 3.34. The fourth-order valence-electron chi connectivity index (χ4n) is 1.96. The van der Waals surface area contributed by atoms with E-state index < -0.39 is 0 Å². The first-order valence-electron chi connectivity index (χ1n) is 6.61. The van der Waals surface area contributed by atoms with Crippen molar-refractivity contribution in [2.24, 2.45) is 0 Å². The van der Waals surface area contributed by atoms with Gasteiger partial charge in [-0.15, -0.1) is 0 Å². The van der Waals surface area contributed by atoms with Crippen LogP contribution in [0.15, 0.2) is 36.4 Å². The van der Waals surface area contributed by atoms with Gasteiger partial charge >= 0.3 is 0 Å². The minimum Gasteiger partial charge on any atom is -0.494 e. The number of ether oxygens (including phenoxy) is 1. The number of carbonyl (C=O) groups is 1. The van der Waals surface area contributed by atoms with Crippen LogP contribution in [-0.4, -0.2) is 12.5 Å². The molecule has 0 aromatic heterocycles. The predicted octanol–water partition coefficient (Wildman–Crippen LogP) is 3.88. The zero-order chi connectivity index (χ0) is 15.4. The number of halogens is 1. The molecule has 2 aromatic rings. The normalized spacial score (nSPS) is 10.2. The molecule has 0 unspecified atom stereocenters. The van der Waals surface area contributed by atoms with Crippen molar-refractivity contribution in [3.05, 3.63) is 52.5 Å². The van der Waals surface area contributed by atoms with Crippen molar-refractivity contribution in [1.82, 2.24) is 0 Å². The Labute approximate surface area is 128 Å². The van der Waals surface area contributed by atoms with E-state index in [1.165, 1.54) is 0 Å². The Morgan fingerprint density at radius 2 is 2.05 bits per heavy atom. The summed E-state index contributed by atoms with van der Waals surface area (Å²) in [7, 11) is 0. The maximum atomic E-state index is 12.2. The maximum Gasteiger partial charge on any atom is 0.257 e. The van der Waals surface area contributed by atoms with Crippen LogP contribution < -0.4 is 15.8 Å². The Morgan fingerprint density at radius 1 is 1.29 bits per heavy atom. The number of nitrogens with two attached hydrogens (primary N) is 1. The number of nitrogens with one attached hydrogen (secondary N) is 1. The lowest BCUT2D eigenvalue weighted by molar-refractivity contribution is 0.102. The Balaban J connectivity index is 2.19. The average Bonchev–Trinajstić information content (AvgIpc) is 2.42. The van der Waals surface area contributed by atoms with Crippen LogP contribution in [0.3, 0.4) is 0 Å². The number of nitrogen functional groups attached to an aromatic ring is 1. The lowest BCUT2D eigenvalue weighted by atomic mass is 10.1. The average molecular weight is 305 g/mol. The summed E-state index contributed by atoms with van der Waals surface area (Å²) in [5.74, 6) is 0.510. The highest BCUT2D eigenvalue weighted by atomic mass is 35.5. The van der Waals surface area contributed by atoms with Crippen molar-refractivity contribution in [3.63, 3.8) is 0 Å². The Morgan fingerprint density at radius 3 is 2.67 bits per heavy atom. The summed E-state index contributed by atoms with van der Waals surface area (Å²) in [4.78, 5) is 12.2. The van der Waals surface area contributed by atoms with Gasteiger partial charge in [-0.3, -0.25) is 4.79 Å². The van der Waals surface area contributed by atoms with Crippen molar-refractivity contribution in [1.29, 1.82) is 0 Å². The highest BCUT2D eigenvalue weighted by molar-refractivity contribution is 6.31. The van der Waals surface area contributed by atoms with E-state index in [0.29, 0.717) is 22.9 Å². The van der Waals surface area contributed by atoms with E-state index in [-0.39, 0.29) is 5.91 Å². The van der Waals surface area contributed by atoms with E-state index in [1.807, 2.05) is 32.0 Å². The zero-order valence-corrected chi connectivity index (χ0v) is 12.7. The molecule has 0 heterocycles. The highest BCUT2D eigenvalue weighted by Crippen LogP contribution is 2.23. The van der Waals surface area contributed by atoms with Crippen LogP contribution in [0.25, 0.3) is 0 Å². The van der Waals surface area contributed by atoms with Gasteiger partial charge < -0.3 is 15.8 Å². The summed E-state index contributed by atoms with van der Waals surface area (Å²) in [6.07, 6.45) is 0. The van der Waals surface area contributed by atoms with E-state index in [2.05, 4.69) is 5.32 Å². The van der Waals surface area contributed by atoms with E-state index in [4.69, 9.17) is 22.1 Å².